The quantitative estimate of drug-likeness (QED) is 0.786. The third-order valence-corrected chi connectivity index (χ3v) is 4.03. The Balaban J connectivity index is 1.75. The molecule has 23 heavy (non-hydrogen) atoms. The van der Waals surface area contributed by atoms with Crippen molar-refractivity contribution in [3.8, 4) is 0 Å². The van der Waals surface area contributed by atoms with Crippen LogP contribution in [0.5, 0.6) is 0 Å². The molecule has 1 heterocycles. The first-order valence-corrected chi connectivity index (χ1v) is 8.34. The molecule has 0 bridgehead atoms. The van der Waals surface area contributed by atoms with Crippen molar-refractivity contribution in [1.82, 2.24) is 15.2 Å². The molecule has 0 spiro atoms. The van der Waals surface area contributed by atoms with Crippen molar-refractivity contribution in [3.63, 3.8) is 0 Å². The van der Waals surface area contributed by atoms with E-state index in [1.165, 1.54) is 10.9 Å². The van der Waals surface area contributed by atoms with E-state index in [9.17, 15) is 4.79 Å². The van der Waals surface area contributed by atoms with Gasteiger partial charge in [0.2, 0.25) is 5.91 Å². The van der Waals surface area contributed by atoms with Gasteiger partial charge in [-0.25, -0.2) is 0 Å². The van der Waals surface area contributed by atoms with Crippen molar-refractivity contribution < 1.29 is 4.79 Å². The fourth-order valence-corrected chi connectivity index (χ4v) is 3.12. The number of hydrogen-bond donors (Lipinski definition) is 2. The Hall–Kier alpha value is -1.81. The molecule has 0 aliphatic carbocycles. The maximum absolute atomic E-state index is 12.0. The summed E-state index contributed by atoms with van der Waals surface area (Å²) in [7, 11) is 4.12. The van der Waals surface area contributed by atoms with Gasteiger partial charge < -0.3 is 15.2 Å². The fourth-order valence-electron chi connectivity index (χ4n) is 3.12. The van der Waals surface area contributed by atoms with E-state index in [2.05, 4.69) is 67.5 Å². The van der Waals surface area contributed by atoms with Crippen LogP contribution in [0.3, 0.4) is 0 Å². The molecule has 0 saturated heterocycles. The highest BCUT2D eigenvalue weighted by Crippen LogP contribution is 2.19. The number of fused-ring (bicyclic) bond motifs is 1. The van der Waals surface area contributed by atoms with Gasteiger partial charge in [-0.15, -0.1) is 0 Å². The summed E-state index contributed by atoms with van der Waals surface area (Å²) >= 11 is 0. The molecule has 2 rings (SSSR count). The summed E-state index contributed by atoms with van der Waals surface area (Å²) < 4.78 is 0. The number of carbonyl (C=O) groups is 1. The van der Waals surface area contributed by atoms with Crippen LogP contribution >= 0.6 is 0 Å². The molecule has 0 aliphatic heterocycles. The number of aromatic nitrogens is 1. The molecule has 0 atom stereocenters. The van der Waals surface area contributed by atoms with Crippen molar-refractivity contribution in [2.24, 2.45) is 5.41 Å². The van der Waals surface area contributed by atoms with Crippen molar-refractivity contribution >= 4 is 16.8 Å². The molecule has 1 aromatic heterocycles. The number of para-hydroxylation sites is 1. The van der Waals surface area contributed by atoms with Crippen LogP contribution in [0.2, 0.25) is 0 Å². The predicted molar refractivity (Wildman–Crippen MR) is 96.6 cm³/mol. The van der Waals surface area contributed by atoms with E-state index in [0.717, 1.165) is 31.4 Å². The van der Waals surface area contributed by atoms with Crippen LogP contribution in [0.4, 0.5) is 0 Å². The number of amides is 1. The highest BCUT2D eigenvalue weighted by Gasteiger charge is 2.19. The molecule has 1 aromatic carbocycles. The summed E-state index contributed by atoms with van der Waals surface area (Å²) in [6, 6.07) is 8.30. The second kappa shape index (κ2) is 7.64. The lowest BCUT2D eigenvalue weighted by Crippen LogP contribution is -2.39. The number of carbonyl (C=O) groups excluding carboxylic acids is 1. The molecule has 0 unspecified atom stereocenters. The highest BCUT2D eigenvalue weighted by atomic mass is 16.1. The van der Waals surface area contributed by atoms with Gasteiger partial charge in [0.05, 0.1) is 0 Å². The van der Waals surface area contributed by atoms with Crippen molar-refractivity contribution in [2.45, 2.75) is 33.1 Å². The molecule has 0 aliphatic rings. The normalized spacial score (nSPS) is 12.0. The Morgan fingerprint density at radius 1 is 1.26 bits per heavy atom. The average molecular weight is 315 g/mol. The van der Waals surface area contributed by atoms with E-state index >= 15 is 0 Å². The van der Waals surface area contributed by atoms with E-state index < -0.39 is 0 Å². The van der Waals surface area contributed by atoms with E-state index in [1.54, 1.807) is 0 Å². The van der Waals surface area contributed by atoms with Crippen LogP contribution in [0.1, 0.15) is 32.3 Å². The zero-order valence-electron chi connectivity index (χ0n) is 14.8. The standard InChI is InChI=1S/C19H29N3O/c1-19(2,14-22(3)4)13-21-18(23)11-7-8-15-12-20-17-10-6-5-9-16(15)17/h5-6,9-10,12,20H,7-8,11,13-14H2,1-4H3,(H,21,23). The summed E-state index contributed by atoms with van der Waals surface area (Å²) in [5.74, 6) is 0.150. The molecular formula is C19H29N3O. The van der Waals surface area contributed by atoms with Gasteiger partial charge in [0, 0.05) is 36.6 Å². The van der Waals surface area contributed by atoms with Gasteiger partial charge in [-0.1, -0.05) is 32.0 Å². The van der Waals surface area contributed by atoms with E-state index in [-0.39, 0.29) is 11.3 Å². The maximum atomic E-state index is 12.0. The average Bonchev–Trinajstić information content (AvgIpc) is 2.88. The molecule has 4 nitrogen and oxygen atoms in total. The zero-order valence-corrected chi connectivity index (χ0v) is 14.8. The van der Waals surface area contributed by atoms with Gasteiger partial charge in [0.25, 0.3) is 0 Å². The lowest BCUT2D eigenvalue weighted by Gasteiger charge is -2.28. The molecule has 0 saturated carbocycles. The fraction of sp³-hybridized carbons (Fsp3) is 0.526. The number of H-pyrrole nitrogens is 1. The monoisotopic (exact) mass is 315 g/mol. The number of benzene rings is 1. The molecule has 4 heteroatoms. The Labute approximate surface area is 139 Å². The van der Waals surface area contributed by atoms with Gasteiger partial charge in [-0.05, 0) is 44.0 Å². The lowest BCUT2D eigenvalue weighted by molar-refractivity contribution is -0.121. The maximum Gasteiger partial charge on any atom is 0.220 e. The number of nitrogens with zero attached hydrogens (tertiary/aromatic N) is 1. The van der Waals surface area contributed by atoms with Crippen LogP contribution in [-0.4, -0.2) is 43.0 Å². The Morgan fingerprint density at radius 3 is 2.74 bits per heavy atom. The van der Waals surface area contributed by atoms with Crippen molar-refractivity contribution in [3.05, 3.63) is 36.0 Å². The Morgan fingerprint density at radius 2 is 2.00 bits per heavy atom. The zero-order chi connectivity index (χ0) is 16.9. The first-order valence-electron chi connectivity index (χ1n) is 8.34. The first-order chi connectivity index (χ1) is 10.9. The Bertz CT molecular complexity index is 643. The molecule has 126 valence electrons. The number of rotatable bonds is 8. The first kappa shape index (κ1) is 17.5. The lowest BCUT2D eigenvalue weighted by atomic mass is 9.93. The van der Waals surface area contributed by atoms with E-state index in [0.29, 0.717) is 6.42 Å². The summed E-state index contributed by atoms with van der Waals surface area (Å²) in [4.78, 5) is 17.5. The third kappa shape index (κ3) is 5.39. The Kier molecular flexibility index (Phi) is 5.83. The summed E-state index contributed by atoms with van der Waals surface area (Å²) in [5.41, 5.74) is 2.55. The largest absolute Gasteiger partial charge is 0.361 e. The van der Waals surface area contributed by atoms with Crippen LogP contribution in [0, 0.1) is 5.41 Å². The van der Waals surface area contributed by atoms with Crippen molar-refractivity contribution in [2.75, 3.05) is 27.2 Å². The van der Waals surface area contributed by atoms with Gasteiger partial charge >= 0.3 is 0 Å². The van der Waals surface area contributed by atoms with Gasteiger partial charge in [0.15, 0.2) is 0 Å². The minimum absolute atomic E-state index is 0.0933. The van der Waals surface area contributed by atoms with Crippen LogP contribution < -0.4 is 5.32 Å². The van der Waals surface area contributed by atoms with Gasteiger partial charge in [-0.3, -0.25) is 4.79 Å². The molecule has 0 fully saturated rings. The predicted octanol–water partition coefficient (Wildman–Crippen LogP) is 3.19. The number of hydrogen-bond acceptors (Lipinski definition) is 2. The minimum Gasteiger partial charge on any atom is -0.361 e. The van der Waals surface area contributed by atoms with Gasteiger partial charge in [0.1, 0.15) is 0 Å². The van der Waals surface area contributed by atoms with Crippen molar-refractivity contribution in [1.29, 1.82) is 0 Å². The smallest absolute Gasteiger partial charge is 0.220 e. The topological polar surface area (TPSA) is 48.1 Å². The summed E-state index contributed by atoms with van der Waals surface area (Å²) in [5, 5.41) is 4.34. The minimum atomic E-state index is 0.0933. The molecule has 0 radical (unpaired) electrons. The molecule has 2 N–H and O–H groups in total. The van der Waals surface area contributed by atoms with Crippen LogP contribution in [0.25, 0.3) is 10.9 Å². The second-order valence-electron chi connectivity index (χ2n) is 7.39. The third-order valence-electron chi connectivity index (χ3n) is 4.03. The molecule has 1 amide bonds. The number of aromatic amines is 1. The number of nitrogens with one attached hydrogen (secondary N) is 2. The number of aryl methyl sites for hydroxylation is 1. The van der Waals surface area contributed by atoms with Crippen LogP contribution in [0.15, 0.2) is 30.5 Å². The SMILES string of the molecule is CN(C)CC(C)(C)CNC(=O)CCCc1c[nH]c2ccccc12. The van der Waals surface area contributed by atoms with Gasteiger partial charge in [-0.2, -0.15) is 0 Å². The molecule has 2 aromatic rings. The van der Waals surface area contributed by atoms with E-state index in [1.807, 2.05) is 6.07 Å². The summed E-state index contributed by atoms with van der Waals surface area (Å²) in [6.07, 6.45) is 4.45. The van der Waals surface area contributed by atoms with E-state index in [4.69, 9.17) is 0 Å². The highest BCUT2D eigenvalue weighted by molar-refractivity contribution is 5.83. The molecular weight excluding hydrogens is 286 g/mol. The summed E-state index contributed by atoms with van der Waals surface area (Å²) in [6.45, 7) is 6.04. The van der Waals surface area contributed by atoms with Crippen LogP contribution in [-0.2, 0) is 11.2 Å². The second-order valence-corrected chi connectivity index (χ2v) is 7.39.